The van der Waals surface area contributed by atoms with Crippen LogP contribution in [-0.4, -0.2) is 26.4 Å². The minimum Gasteiger partial charge on any atom is -0.358 e. The van der Waals surface area contributed by atoms with Crippen molar-refractivity contribution in [3.05, 3.63) is 22.6 Å². The van der Waals surface area contributed by atoms with E-state index < -0.39 is 4.92 Å². The van der Waals surface area contributed by atoms with Crippen molar-refractivity contribution in [2.24, 2.45) is 5.92 Å². The van der Waals surface area contributed by atoms with Gasteiger partial charge in [-0.3, -0.25) is 4.79 Å². The van der Waals surface area contributed by atoms with Crippen LogP contribution in [0.3, 0.4) is 0 Å². The molecule has 0 bridgehead atoms. The molecule has 2 atom stereocenters. The van der Waals surface area contributed by atoms with E-state index in [4.69, 9.17) is 0 Å². The van der Waals surface area contributed by atoms with E-state index in [9.17, 15) is 14.9 Å². The monoisotopic (exact) mass is 266 g/mol. The first-order valence-electron chi connectivity index (χ1n) is 6.50. The molecule has 0 saturated heterocycles. The first-order valence-corrected chi connectivity index (χ1v) is 6.50. The van der Waals surface area contributed by atoms with E-state index in [1.165, 1.54) is 18.9 Å². The smallest absolute Gasteiger partial charge is 0.358 e. The average molecular weight is 266 g/mol. The van der Waals surface area contributed by atoms with Gasteiger partial charge in [-0.15, -0.1) is 0 Å². The van der Waals surface area contributed by atoms with Gasteiger partial charge in [0.15, 0.2) is 0 Å². The molecule has 7 heteroatoms. The standard InChI is InChI=1S/C12H18N4O3/c1-9-2-3-10(6-9)14-12(17)4-5-15-7-11(13-8-15)16(18)19/h7-10H,2-6H2,1H3,(H,14,17). The largest absolute Gasteiger partial charge is 0.381 e. The second-order valence-corrected chi connectivity index (χ2v) is 5.16. The average Bonchev–Trinajstić information content (AvgIpc) is 2.96. The molecule has 1 fully saturated rings. The highest BCUT2D eigenvalue weighted by Gasteiger charge is 2.22. The lowest BCUT2D eigenvalue weighted by atomic mass is 10.1. The van der Waals surface area contributed by atoms with Crippen molar-refractivity contribution in [3.63, 3.8) is 0 Å². The molecule has 0 spiro atoms. The quantitative estimate of drug-likeness (QED) is 0.645. The molecule has 19 heavy (non-hydrogen) atoms. The molecule has 1 aliphatic rings. The van der Waals surface area contributed by atoms with E-state index in [1.54, 1.807) is 4.57 Å². The summed E-state index contributed by atoms with van der Waals surface area (Å²) in [7, 11) is 0. The van der Waals surface area contributed by atoms with Gasteiger partial charge in [0.05, 0.1) is 0 Å². The number of nitrogens with zero attached hydrogens (tertiary/aromatic N) is 3. The lowest BCUT2D eigenvalue weighted by Gasteiger charge is -2.12. The Morgan fingerprint density at radius 1 is 1.63 bits per heavy atom. The highest BCUT2D eigenvalue weighted by Crippen LogP contribution is 2.24. The zero-order valence-electron chi connectivity index (χ0n) is 10.9. The number of amides is 1. The van der Waals surface area contributed by atoms with Gasteiger partial charge in [-0.05, 0) is 35.1 Å². The van der Waals surface area contributed by atoms with Gasteiger partial charge in [-0.1, -0.05) is 6.92 Å². The molecule has 7 nitrogen and oxygen atoms in total. The molecule has 0 aliphatic heterocycles. The molecule has 1 saturated carbocycles. The molecule has 104 valence electrons. The maximum atomic E-state index is 11.7. The maximum absolute atomic E-state index is 11.7. The Morgan fingerprint density at radius 3 is 3.00 bits per heavy atom. The van der Waals surface area contributed by atoms with Crippen LogP contribution >= 0.6 is 0 Å². The molecule has 1 amide bonds. The fraction of sp³-hybridized carbons (Fsp3) is 0.667. The Balaban J connectivity index is 1.75. The van der Waals surface area contributed by atoms with Crippen molar-refractivity contribution < 1.29 is 9.72 Å². The fourth-order valence-electron chi connectivity index (χ4n) is 2.43. The first-order chi connectivity index (χ1) is 9.04. The van der Waals surface area contributed by atoms with E-state index >= 15 is 0 Å². The SMILES string of the molecule is CC1CCC(NC(=O)CCn2cnc([N+](=O)[O-])c2)C1. The summed E-state index contributed by atoms with van der Waals surface area (Å²) in [4.78, 5) is 25.3. The molecular weight excluding hydrogens is 248 g/mol. The number of rotatable bonds is 5. The third-order valence-corrected chi connectivity index (χ3v) is 3.46. The first kappa shape index (κ1) is 13.5. The van der Waals surface area contributed by atoms with Crippen molar-refractivity contribution in [2.45, 2.75) is 45.2 Å². The molecule has 1 aliphatic carbocycles. The highest BCUT2D eigenvalue weighted by atomic mass is 16.6. The molecule has 1 heterocycles. The zero-order chi connectivity index (χ0) is 13.8. The second-order valence-electron chi connectivity index (χ2n) is 5.16. The summed E-state index contributed by atoms with van der Waals surface area (Å²) in [5.41, 5.74) is 0. The Hall–Kier alpha value is -1.92. The Morgan fingerprint density at radius 2 is 2.42 bits per heavy atom. The lowest BCUT2D eigenvalue weighted by Crippen LogP contribution is -2.33. The zero-order valence-corrected chi connectivity index (χ0v) is 10.9. The second kappa shape index (κ2) is 5.81. The van der Waals surface area contributed by atoms with Gasteiger partial charge in [0.1, 0.15) is 6.20 Å². The van der Waals surface area contributed by atoms with Crippen molar-refractivity contribution >= 4 is 11.7 Å². The minimum absolute atomic E-state index is 0.00421. The summed E-state index contributed by atoms with van der Waals surface area (Å²) < 4.78 is 1.56. The molecule has 1 aromatic heterocycles. The van der Waals surface area contributed by atoms with Crippen LogP contribution in [0, 0.1) is 16.0 Å². The number of aromatic nitrogens is 2. The minimum atomic E-state index is -0.545. The molecule has 0 aromatic carbocycles. The van der Waals surface area contributed by atoms with Crippen molar-refractivity contribution in [2.75, 3.05) is 0 Å². The van der Waals surface area contributed by atoms with Gasteiger partial charge >= 0.3 is 5.82 Å². The molecule has 0 radical (unpaired) electrons. The number of nitrogens with one attached hydrogen (secondary N) is 1. The van der Waals surface area contributed by atoms with E-state index in [-0.39, 0.29) is 11.7 Å². The van der Waals surface area contributed by atoms with Crippen LogP contribution in [0.25, 0.3) is 0 Å². The maximum Gasteiger partial charge on any atom is 0.381 e. The van der Waals surface area contributed by atoms with Crippen LogP contribution in [0.2, 0.25) is 0 Å². The van der Waals surface area contributed by atoms with Crippen LogP contribution in [-0.2, 0) is 11.3 Å². The van der Waals surface area contributed by atoms with Gasteiger partial charge in [0.25, 0.3) is 0 Å². The van der Waals surface area contributed by atoms with Gasteiger partial charge in [-0.25, -0.2) is 0 Å². The summed E-state index contributed by atoms with van der Waals surface area (Å²) in [6.07, 6.45) is 6.29. The Kier molecular flexibility index (Phi) is 4.13. The normalized spacial score (nSPS) is 22.4. The number of carbonyl (C=O) groups excluding carboxylic acids is 1. The van der Waals surface area contributed by atoms with Crippen LogP contribution in [0.4, 0.5) is 5.82 Å². The summed E-state index contributed by atoms with van der Waals surface area (Å²) in [5.74, 6) is 0.488. The van der Waals surface area contributed by atoms with Crippen LogP contribution in [0.5, 0.6) is 0 Å². The van der Waals surface area contributed by atoms with E-state index in [2.05, 4.69) is 17.2 Å². The van der Waals surface area contributed by atoms with E-state index in [1.807, 2.05) is 0 Å². The van der Waals surface area contributed by atoms with Crippen molar-refractivity contribution in [3.8, 4) is 0 Å². The number of imidazole rings is 1. The van der Waals surface area contributed by atoms with Crippen LogP contribution < -0.4 is 5.32 Å². The van der Waals surface area contributed by atoms with E-state index in [0.717, 1.165) is 12.8 Å². The highest BCUT2D eigenvalue weighted by molar-refractivity contribution is 5.76. The van der Waals surface area contributed by atoms with Gasteiger partial charge in [0.2, 0.25) is 12.2 Å². The van der Waals surface area contributed by atoms with Crippen molar-refractivity contribution in [1.29, 1.82) is 0 Å². The molecule has 2 rings (SSSR count). The van der Waals surface area contributed by atoms with Gasteiger partial charge in [-0.2, -0.15) is 0 Å². The third kappa shape index (κ3) is 3.77. The summed E-state index contributed by atoms with van der Waals surface area (Å²) >= 11 is 0. The topological polar surface area (TPSA) is 90.1 Å². The fourth-order valence-corrected chi connectivity index (χ4v) is 2.43. The number of hydrogen-bond acceptors (Lipinski definition) is 4. The van der Waals surface area contributed by atoms with Gasteiger partial charge < -0.3 is 20.0 Å². The molecular formula is C12H18N4O3. The van der Waals surface area contributed by atoms with Crippen LogP contribution in [0.1, 0.15) is 32.6 Å². The summed E-state index contributed by atoms with van der Waals surface area (Å²) in [6, 6.07) is 0.291. The lowest BCUT2D eigenvalue weighted by molar-refractivity contribution is -0.389. The van der Waals surface area contributed by atoms with Crippen molar-refractivity contribution in [1.82, 2.24) is 14.9 Å². The molecule has 1 aromatic rings. The van der Waals surface area contributed by atoms with E-state index in [0.29, 0.717) is 24.9 Å². The Labute approximate surface area is 111 Å². The molecule has 2 unspecified atom stereocenters. The molecule has 1 N–H and O–H groups in total. The summed E-state index contributed by atoms with van der Waals surface area (Å²) in [5, 5.41) is 13.5. The van der Waals surface area contributed by atoms with Gasteiger partial charge in [0, 0.05) is 19.0 Å². The Bertz CT molecular complexity index is 471. The summed E-state index contributed by atoms with van der Waals surface area (Å²) in [6.45, 7) is 2.60. The number of aryl methyl sites for hydroxylation is 1. The van der Waals surface area contributed by atoms with Crippen LogP contribution in [0.15, 0.2) is 12.5 Å². The predicted molar refractivity (Wildman–Crippen MR) is 68.4 cm³/mol. The third-order valence-electron chi connectivity index (χ3n) is 3.46. The predicted octanol–water partition coefficient (Wildman–Crippen LogP) is 1.49. The number of carbonyl (C=O) groups is 1. The number of hydrogen-bond donors (Lipinski definition) is 1. The number of nitro groups is 1.